The van der Waals surface area contributed by atoms with Crippen LogP contribution in [0.15, 0.2) is 29.0 Å². The van der Waals surface area contributed by atoms with Gasteiger partial charge in [0.25, 0.3) is 0 Å². The Morgan fingerprint density at radius 3 is 2.88 bits per heavy atom. The maximum atomic E-state index is 6.00. The molecule has 3 rings (SSSR count). The zero-order chi connectivity index (χ0) is 12.0. The van der Waals surface area contributed by atoms with Crippen LogP contribution in [0.25, 0.3) is 22.0 Å². The monoisotopic (exact) mass is 291 g/mol. The summed E-state index contributed by atoms with van der Waals surface area (Å²) >= 11 is 3.46. The number of aromatic nitrogens is 4. The third-order valence-corrected chi connectivity index (χ3v) is 3.39. The molecule has 0 radical (unpaired) electrons. The summed E-state index contributed by atoms with van der Waals surface area (Å²) < 4.78 is 2.51. The molecule has 5 nitrogen and oxygen atoms in total. The lowest BCUT2D eigenvalue weighted by atomic mass is 10.0. The van der Waals surface area contributed by atoms with Crippen molar-refractivity contribution in [1.82, 2.24) is 20.0 Å². The number of benzene rings is 1. The summed E-state index contributed by atoms with van der Waals surface area (Å²) in [4.78, 5) is 0. The van der Waals surface area contributed by atoms with E-state index in [0.717, 1.165) is 26.6 Å². The Balaban J connectivity index is 2.37. The first-order valence-electron chi connectivity index (χ1n) is 5.09. The van der Waals surface area contributed by atoms with Crippen molar-refractivity contribution in [3.05, 3.63) is 29.0 Å². The molecule has 0 aliphatic carbocycles. The van der Waals surface area contributed by atoms with Gasteiger partial charge >= 0.3 is 0 Å². The highest BCUT2D eigenvalue weighted by molar-refractivity contribution is 9.10. The molecule has 0 fully saturated rings. The normalized spacial score (nSPS) is 11.2. The zero-order valence-corrected chi connectivity index (χ0v) is 10.7. The summed E-state index contributed by atoms with van der Waals surface area (Å²) in [6.07, 6.45) is 1.77. The molecule has 0 saturated carbocycles. The van der Waals surface area contributed by atoms with Gasteiger partial charge in [-0.1, -0.05) is 12.1 Å². The van der Waals surface area contributed by atoms with E-state index in [2.05, 4.69) is 31.2 Å². The van der Waals surface area contributed by atoms with Crippen molar-refractivity contribution in [2.75, 3.05) is 5.73 Å². The quantitative estimate of drug-likeness (QED) is 0.723. The number of nitrogens with one attached hydrogen (secondary N) is 1. The molecule has 0 amide bonds. The maximum Gasteiger partial charge on any atom is 0.129 e. The van der Waals surface area contributed by atoms with E-state index in [-0.39, 0.29) is 0 Å². The second kappa shape index (κ2) is 3.59. The molecular formula is C11H10BrN5. The average molecular weight is 292 g/mol. The van der Waals surface area contributed by atoms with Crippen LogP contribution in [0.3, 0.4) is 0 Å². The Labute approximate surface area is 106 Å². The van der Waals surface area contributed by atoms with E-state index in [1.807, 2.05) is 25.2 Å². The summed E-state index contributed by atoms with van der Waals surface area (Å²) in [5.41, 5.74) is 8.84. The first-order chi connectivity index (χ1) is 8.18. The zero-order valence-electron chi connectivity index (χ0n) is 9.11. The predicted molar refractivity (Wildman–Crippen MR) is 70.4 cm³/mol. The first-order valence-corrected chi connectivity index (χ1v) is 5.88. The number of aryl methyl sites for hydroxylation is 1. The molecule has 2 aromatic heterocycles. The standard InChI is InChI=1S/C11H10BrN5/c1-17-11(13)7(5-14-17)6-3-2-4-8-9(6)10(12)16-15-8/h2-5H,13H2,1H3,(H,15,16). The summed E-state index contributed by atoms with van der Waals surface area (Å²) in [5.74, 6) is 0.644. The van der Waals surface area contributed by atoms with Crippen LogP contribution in [0.4, 0.5) is 5.82 Å². The highest BCUT2D eigenvalue weighted by atomic mass is 79.9. The molecule has 6 heteroatoms. The Morgan fingerprint density at radius 2 is 2.18 bits per heavy atom. The third kappa shape index (κ3) is 1.44. The van der Waals surface area contributed by atoms with Crippen molar-refractivity contribution < 1.29 is 0 Å². The highest BCUT2D eigenvalue weighted by Gasteiger charge is 2.14. The van der Waals surface area contributed by atoms with Gasteiger partial charge in [-0.15, -0.1) is 0 Å². The molecule has 1 aromatic carbocycles. The van der Waals surface area contributed by atoms with E-state index in [0.29, 0.717) is 5.82 Å². The molecule has 0 aliphatic rings. The minimum absolute atomic E-state index is 0.644. The number of H-pyrrole nitrogens is 1. The Bertz CT molecular complexity index is 697. The maximum absolute atomic E-state index is 6.00. The number of rotatable bonds is 1. The number of nitrogen functional groups attached to an aromatic ring is 1. The van der Waals surface area contributed by atoms with Gasteiger partial charge in [0.2, 0.25) is 0 Å². The number of hydrogen-bond donors (Lipinski definition) is 2. The van der Waals surface area contributed by atoms with E-state index < -0.39 is 0 Å². The van der Waals surface area contributed by atoms with Crippen LogP contribution in [-0.4, -0.2) is 20.0 Å². The van der Waals surface area contributed by atoms with Crippen LogP contribution in [0, 0.1) is 0 Å². The Kier molecular flexibility index (Phi) is 2.19. The van der Waals surface area contributed by atoms with Gasteiger partial charge in [-0.2, -0.15) is 10.2 Å². The van der Waals surface area contributed by atoms with Crippen LogP contribution in [-0.2, 0) is 7.05 Å². The topological polar surface area (TPSA) is 72.5 Å². The number of hydrogen-bond acceptors (Lipinski definition) is 3. The van der Waals surface area contributed by atoms with E-state index >= 15 is 0 Å². The van der Waals surface area contributed by atoms with E-state index in [4.69, 9.17) is 5.73 Å². The highest BCUT2D eigenvalue weighted by Crippen LogP contribution is 2.34. The van der Waals surface area contributed by atoms with Crippen LogP contribution >= 0.6 is 15.9 Å². The molecule has 3 N–H and O–H groups in total. The van der Waals surface area contributed by atoms with Crippen molar-refractivity contribution >= 4 is 32.7 Å². The molecule has 0 saturated heterocycles. The minimum Gasteiger partial charge on any atom is -0.383 e. The van der Waals surface area contributed by atoms with E-state index in [1.165, 1.54) is 0 Å². The van der Waals surface area contributed by atoms with Gasteiger partial charge in [-0.3, -0.25) is 9.78 Å². The number of nitrogens with two attached hydrogens (primary N) is 1. The van der Waals surface area contributed by atoms with Crippen LogP contribution in [0.5, 0.6) is 0 Å². The Morgan fingerprint density at radius 1 is 1.35 bits per heavy atom. The fourth-order valence-corrected chi connectivity index (χ4v) is 2.41. The molecule has 0 atom stereocenters. The predicted octanol–water partition coefficient (Wildman–Crippen LogP) is 2.31. The summed E-state index contributed by atoms with van der Waals surface area (Å²) in [6.45, 7) is 0. The fraction of sp³-hybridized carbons (Fsp3) is 0.0909. The lowest BCUT2D eigenvalue weighted by Crippen LogP contribution is -1.98. The second-order valence-corrected chi connectivity index (χ2v) is 4.60. The van der Waals surface area contributed by atoms with Gasteiger partial charge in [0, 0.05) is 18.0 Å². The van der Waals surface area contributed by atoms with Crippen molar-refractivity contribution in [1.29, 1.82) is 0 Å². The molecule has 86 valence electrons. The van der Waals surface area contributed by atoms with Gasteiger partial charge in [0.15, 0.2) is 0 Å². The van der Waals surface area contributed by atoms with Crippen molar-refractivity contribution in [2.45, 2.75) is 0 Å². The first kappa shape index (κ1) is 10.3. The summed E-state index contributed by atoms with van der Waals surface area (Å²) in [5, 5.41) is 12.3. The van der Waals surface area contributed by atoms with E-state index in [1.54, 1.807) is 10.9 Å². The van der Waals surface area contributed by atoms with Crippen LogP contribution in [0.1, 0.15) is 0 Å². The molecule has 3 aromatic rings. The average Bonchev–Trinajstić information content (AvgIpc) is 2.86. The lowest BCUT2D eigenvalue weighted by Gasteiger charge is -2.02. The van der Waals surface area contributed by atoms with Gasteiger partial charge in [-0.05, 0) is 27.6 Å². The van der Waals surface area contributed by atoms with Crippen LogP contribution in [0.2, 0.25) is 0 Å². The molecule has 0 spiro atoms. The van der Waals surface area contributed by atoms with Crippen molar-refractivity contribution in [2.24, 2.45) is 7.05 Å². The van der Waals surface area contributed by atoms with Gasteiger partial charge in [0.1, 0.15) is 10.4 Å². The summed E-state index contributed by atoms with van der Waals surface area (Å²) in [6, 6.07) is 5.92. The molecule has 2 heterocycles. The SMILES string of the molecule is Cn1ncc(-c2cccc3n[nH]c(Br)c23)c1N. The lowest BCUT2D eigenvalue weighted by molar-refractivity contribution is 0.779. The number of aromatic amines is 1. The largest absolute Gasteiger partial charge is 0.383 e. The van der Waals surface area contributed by atoms with Gasteiger partial charge in [-0.25, -0.2) is 0 Å². The minimum atomic E-state index is 0.644. The fourth-order valence-electron chi connectivity index (χ4n) is 1.91. The number of nitrogens with zero attached hydrogens (tertiary/aromatic N) is 3. The molecular weight excluding hydrogens is 282 g/mol. The smallest absolute Gasteiger partial charge is 0.129 e. The van der Waals surface area contributed by atoms with Crippen molar-refractivity contribution in [3.63, 3.8) is 0 Å². The number of fused-ring (bicyclic) bond motifs is 1. The molecule has 0 bridgehead atoms. The third-order valence-electron chi connectivity index (χ3n) is 2.81. The second-order valence-electron chi connectivity index (χ2n) is 3.80. The number of anilines is 1. The van der Waals surface area contributed by atoms with Crippen LogP contribution < -0.4 is 5.73 Å². The van der Waals surface area contributed by atoms with Crippen molar-refractivity contribution in [3.8, 4) is 11.1 Å². The summed E-state index contributed by atoms with van der Waals surface area (Å²) in [7, 11) is 1.82. The van der Waals surface area contributed by atoms with E-state index in [9.17, 15) is 0 Å². The number of halogens is 1. The molecule has 0 aliphatic heterocycles. The molecule has 0 unspecified atom stereocenters. The van der Waals surface area contributed by atoms with Gasteiger partial charge in [0.05, 0.1) is 11.7 Å². The Hall–Kier alpha value is -1.82. The van der Waals surface area contributed by atoms with Gasteiger partial charge < -0.3 is 5.73 Å². The molecule has 17 heavy (non-hydrogen) atoms.